The van der Waals surface area contributed by atoms with Gasteiger partial charge >= 0.3 is 84.6 Å². The van der Waals surface area contributed by atoms with E-state index in [1.54, 1.807) is 81.0 Å². The van der Waals surface area contributed by atoms with E-state index in [0.717, 1.165) is 60.9 Å². The summed E-state index contributed by atoms with van der Waals surface area (Å²) in [5, 5.41) is 8.91. The van der Waals surface area contributed by atoms with E-state index in [4.69, 9.17) is 23.8 Å². The number of halogens is 3. The van der Waals surface area contributed by atoms with Gasteiger partial charge in [0.1, 0.15) is 0 Å². The summed E-state index contributed by atoms with van der Waals surface area (Å²) in [6.07, 6.45) is 5.09. The van der Waals surface area contributed by atoms with Gasteiger partial charge in [-0.05, 0) is 80.3 Å². The standard InChI is InChI=1S/C27H20N3O.C26H17N2O2.C26H17N2OS.3ClH.3Pt/c1-30-26(22-15-13-21(14-16-22)20-8-3-2-4-9-20)19-25(29-30)23-10-7-11-24(18-23)31-27-12-5-6-17-28-27;2*1-2-7-19(8-3-1)20-12-14-21(15-13-20)25-18-24(28-30-25)22-9-6-10-23(17-22)29-26-11-4-5-16-27-26;;;;;;/h2-17,19H,1H3;2*1-16,18H;3*1H;;;/q3*-1;;;;3*+2/p-3. The van der Waals surface area contributed by atoms with Crippen molar-refractivity contribution in [3.63, 3.8) is 0 Å². The Morgan fingerprint density at radius 3 is 1.12 bits per heavy atom. The Kier molecular flexibility index (Phi) is 27.2. The molecule has 6 heterocycles. The average molecular weight is 1890 g/mol. The fourth-order valence-corrected chi connectivity index (χ4v) is 10.6. The summed E-state index contributed by atoms with van der Waals surface area (Å²) in [5.41, 5.74) is 16.4. The summed E-state index contributed by atoms with van der Waals surface area (Å²) >= 11 is 6.32. The van der Waals surface area contributed by atoms with Crippen LogP contribution < -0.4 is 14.2 Å². The third-order valence-electron chi connectivity index (χ3n) is 14.4. The van der Waals surface area contributed by atoms with Gasteiger partial charge in [0.15, 0.2) is 5.76 Å². The van der Waals surface area contributed by atoms with Crippen LogP contribution in [0.4, 0.5) is 0 Å². The second-order valence-corrected chi connectivity index (χ2v) is 21.4. The van der Waals surface area contributed by atoms with Gasteiger partial charge in [-0.15, -0.1) is 76.4 Å². The van der Waals surface area contributed by atoms with Crippen LogP contribution in [0.25, 0.3) is 100 Å². The number of aromatic nitrogens is 7. The predicted octanol–water partition coefficient (Wildman–Crippen LogP) is 22.3. The van der Waals surface area contributed by atoms with Gasteiger partial charge in [-0.3, -0.25) is 4.68 Å². The fraction of sp³-hybridized carbons (Fsp3) is 0.0127. The summed E-state index contributed by atoms with van der Waals surface area (Å²) in [4.78, 5) is 13.7. The first-order valence-corrected chi connectivity index (χ1v) is 38.8. The number of nitrogens with zero attached hydrogens (tertiary/aromatic N) is 7. The van der Waals surface area contributed by atoms with Crippen molar-refractivity contribution in [3.8, 4) is 135 Å². The second kappa shape index (κ2) is 37.4. The third-order valence-corrected chi connectivity index (χ3v) is 15.3. The topological polar surface area (TPSA) is 123 Å². The van der Waals surface area contributed by atoms with E-state index in [0.29, 0.717) is 46.3 Å². The van der Waals surface area contributed by atoms with Crippen LogP contribution in [-0.4, -0.2) is 34.3 Å². The van der Waals surface area contributed by atoms with Crippen LogP contribution >= 0.6 is 39.8 Å². The van der Waals surface area contributed by atoms with Gasteiger partial charge in [0.05, 0.1) is 5.69 Å². The summed E-state index contributed by atoms with van der Waals surface area (Å²) in [6, 6.07) is 106. The van der Waals surface area contributed by atoms with Gasteiger partial charge in [-0.2, -0.15) is 0 Å². The van der Waals surface area contributed by atoms with Crippen molar-refractivity contribution in [1.29, 1.82) is 0 Å². The molecule has 97 heavy (non-hydrogen) atoms. The molecule has 0 aliphatic rings. The fourth-order valence-electron chi connectivity index (χ4n) is 9.86. The Bertz CT molecular complexity index is 4600. The third kappa shape index (κ3) is 20.0. The normalized spacial score (nSPS) is 10.2. The Morgan fingerprint density at radius 2 is 0.711 bits per heavy atom. The predicted molar refractivity (Wildman–Crippen MR) is 378 cm³/mol. The minimum Gasteiger partial charge on any atom is -0.459 e. The molecule has 15 aromatic rings. The zero-order chi connectivity index (χ0) is 67.4. The summed E-state index contributed by atoms with van der Waals surface area (Å²) in [6.45, 7) is 0. The Labute approximate surface area is 613 Å². The van der Waals surface area contributed by atoms with E-state index in [2.05, 4.69) is 204 Å². The number of hydrogen-bond acceptors (Lipinski definition) is 11. The summed E-state index contributed by atoms with van der Waals surface area (Å²) in [5.74, 6) is 4.10. The van der Waals surface area contributed by atoms with E-state index in [-0.39, 0.29) is 0 Å². The van der Waals surface area contributed by atoms with Gasteiger partial charge in [-0.1, -0.05) is 212 Å². The molecule has 6 aromatic heterocycles. The molecule has 0 radical (unpaired) electrons. The Balaban J connectivity index is 0.000000152. The first kappa shape index (κ1) is 70.6. The molecule has 11 nitrogen and oxygen atoms in total. The number of benzene rings is 9. The molecule has 486 valence electrons. The molecule has 0 N–H and O–H groups in total. The number of hydrogen-bond donors (Lipinski definition) is 0. The molecule has 15 rings (SSSR count). The zero-order valence-corrected chi connectivity index (χ0v) is 61.1. The summed E-state index contributed by atoms with van der Waals surface area (Å²) in [7, 11) is 15.8. The molecule has 0 aliphatic carbocycles. The van der Waals surface area contributed by atoms with Crippen LogP contribution in [0.5, 0.6) is 34.9 Å². The number of rotatable bonds is 15. The van der Waals surface area contributed by atoms with Crippen molar-refractivity contribution in [3.05, 3.63) is 328 Å². The molecule has 0 atom stereocenters. The van der Waals surface area contributed by atoms with Crippen LogP contribution in [0.15, 0.2) is 314 Å². The zero-order valence-electron chi connectivity index (χ0n) is 51.2. The minimum absolute atomic E-state index is 0.519. The quantitative estimate of drug-likeness (QED) is 0.0917. The van der Waals surface area contributed by atoms with Gasteiger partial charge in [-0.25, -0.2) is 24.4 Å². The number of aryl methyl sites for hydroxylation is 1. The maximum absolute atomic E-state index is 5.82. The molecule has 9 aromatic carbocycles. The molecule has 0 aliphatic heterocycles. The maximum Gasteiger partial charge on any atom is 0.217 e. The van der Waals surface area contributed by atoms with E-state index >= 15 is 0 Å². The van der Waals surface area contributed by atoms with E-state index < -0.39 is 0 Å². The molecule has 0 saturated heterocycles. The van der Waals surface area contributed by atoms with Crippen LogP contribution in [0.1, 0.15) is 0 Å². The van der Waals surface area contributed by atoms with Gasteiger partial charge in [0.25, 0.3) is 0 Å². The van der Waals surface area contributed by atoms with Crippen LogP contribution in [0.3, 0.4) is 0 Å². The second-order valence-electron chi connectivity index (χ2n) is 20.6. The monoisotopic (exact) mass is 1890 g/mol. The first-order valence-electron chi connectivity index (χ1n) is 29.6. The van der Waals surface area contributed by atoms with E-state index in [9.17, 15) is 0 Å². The smallest absolute Gasteiger partial charge is 0.217 e. The largest absolute Gasteiger partial charge is 0.459 e. The maximum atomic E-state index is 5.82. The molecule has 0 saturated carbocycles. The van der Waals surface area contributed by atoms with Crippen molar-refractivity contribution >= 4 is 39.8 Å². The summed E-state index contributed by atoms with van der Waals surface area (Å²) < 4.78 is 29.5. The minimum atomic E-state index is 0.519. The average Bonchev–Trinajstić information content (AvgIpc) is 1.80. The Hall–Kier alpha value is -9.19. The number of pyridine rings is 3. The van der Waals surface area contributed by atoms with Crippen molar-refractivity contribution in [2.45, 2.75) is 0 Å². The molecule has 0 bridgehead atoms. The first-order chi connectivity index (χ1) is 48.0. The van der Waals surface area contributed by atoms with E-state index in [1.807, 2.05) is 163 Å². The van der Waals surface area contributed by atoms with E-state index in [1.165, 1.54) is 39.3 Å². The van der Waals surface area contributed by atoms with Crippen molar-refractivity contribution < 1.29 is 75.1 Å². The molecule has 0 amide bonds. The van der Waals surface area contributed by atoms with Gasteiger partial charge in [0.2, 0.25) is 17.6 Å². The molecular weight excluding hydrogens is 1830 g/mol. The molecule has 18 heteroatoms. The van der Waals surface area contributed by atoms with Crippen molar-refractivity contribution in [2.24, 2.45) is 7.05 Å². The molecular formula is C79H54Cl3N7O4Pt3S. The molecule has 0 fully saturated rings. The molecule has 0 unspecified atom stereocenters. The van der Waals surface area contributed by atoms with Crippen LogP contribution in [0, 0.1) is 18.2 Å². The van der Waals surface area contributed by atoms with Crippen LogP contribution in [0.2, 0.25) is 0 Å². The van der Waals surface area contributed by atoms with Gasteiger partial charge in [0, 0.05) is 88.6 Å². The van der Waals surface area contributed by atoms with Gasteiger partial charge < -0.3 is 18.7 Å². The molecule has 0 spiro atoms. The Morgan fingerprint density at radius 1 is 0.351 bits per heavy atom. The number of ether oxygens (including phenoxy) is 3. The van der Waals surface area contributed by atoms with Crippen molar-refractivity contribution in [1.82, 2.24) is 34.3 Å². The SMILES string of the molecule is Cn1nc(-c2[c-]c(Oc3ccccn3)ccc2)cc1-c1ccc(-c2ccccc2)cc1.[Cl][Pt+].[Cl][Pt+].[Cl][Pt+].[c-]1c(Oc2ccccn2)cccc1-c1cc(-c2ccc(-c3ccccc3)cc2)on1.[c-]1c(Oc2ccccn2)cccc1-c1cc(-c2ccc(-c3ccccc3)cc2)sn1. The van der Waals surface area contributed by atoms with Crippen LogP contribution in [-0.2, 0) is 63.4 Å². The van der Waals surface area contributed by atoms with Crippen molar-refractivity contribution in [2.75, 3.05) is 0 Å².